The number of aromatic amines is 1. The van der Waals surface area contributed by atoms with Crippen LogP contribution in [0.25, 0.3) is 0 Å². The van der Waals surface area contributed by atoms with E-state index in [2.05, 4.69) is 4.98 Å². The molecule has 0 aliphatic heterocycles. The van der Waals surface area contributed by atoms with Gasteiger partial charge >= 0.3 is 0 Å². The van der Waals surface area contributed by atoms with Gasteiger partial charge < -0.3 is 15.2 Å². The standard InChI is InChI=1S/C7H8N2O2/c8-3-6(10)7(11)5-1-2-9-4-5/h1-2,4,6-7,9-11H. The van der Waals surface area contributed by atoms with Gasteiger partial charge in [0, 0.05) is 18.0 Å². The van der Waals surface area contributed by atoms with Gasteiger partial charge in [0.25, 0.3) is 0 Å². The summed E-state index contributed by atoms with van der Waals surface area (Å²) in [6.07, 6.45) is 0.672. The number of nitrogens with zero attached hydrogens (tertiary/aromatic N) is 1. The van der Waals surface area contributed by atoms with Gasteiger partial charge in [-0.2, -0.15) is 5.26 Å². The van der Waals surface area contributed by atoms with Crippen LogP contribution in [0.15, 0.2) is 18.5 Å². The zero-order chi connectivity index (χ0) is 8.27. The summed E-state index contributed by atoms with van der Waals surface area (Å²) in [5.41, 5.74) is 0.513. The normalized spacial score (nSPS) is 15.4. The van der Waals surface area contributed by atoms with Crippen molar-refractivity contribution in [3.05, 3.63) is 24.0 Å². The minimum absolute atomic E-state index is 0.513. The van der Waals surface area contributed by atoms with Crippen molar-refractivity contribution in [2.45, 2.75) is 12.2 Å². The molecule has 11 heavy (non-hydrogen) atoms. The number of rotatable bonds is 2. The van der Waals surface area contributed by atoms with Crippen molar-refractivity contribution >= 4 is 0 Å². The van der Waals surface area contributed by atoms with Gasteiger partial charge in [0.1, 0.15) is 6.10 Å². The van der Waals surface area contributed by atoms with Crippen molar-refractivity contribution in [2.75, 3.05) is 0 Å². The fourth-order valence-electron chi connectivity index (χ4n) is 0.774. The van der Waals surface area contributed by atoms with Gasteiger partial charge in [-0.1, -0.05) is 0 Å². The summed E-state index contributed by atoms with van der Waals surface area (Å²) in [4.78, 5) is 2.71. The first-order valence-corrected chi connectivity index (χ1v) is 3.14. The van der Waals surface area contributed by atoms with Gasteiger partial charge in [0.15, 0.2) is 6.10 Å². The second kappa shape index (κ2) is 3.19. The van der Waals surface area contributed by atoms with E-state index >= 15 is 0 Å². The SMILES string of the molecule is N#CC(O)C(O)c1cc[nH]c1. The maximum Gasteiger partial charge on any atom is 0.170 e. The van der Waals surface area contributed by atoms with Gasteiger partial charge in [-0.25, -0.2) is 0 Å². The summed E-state index contributed by atoms with van der Waals surface area (Å²) in [7, 11) is 0. The fourth-order valence-corrected chi connectivity index (χ4v) is 0.774. The van der Waals surface area contributed by atoms with Crippen molar-refractivity contribution in [1.29, 1.82) is 5.26 Å². The summed E-state index contributed by atoms with van der Waals surface area (Å²) >= 11 is 0. The predicted molar refractivity (Wildman–Crippen MR) is 37.4 cm³/mol. The number of hydrogen-bond acceptors (Lipinski definition) is 3. The van der Waals surface area contributed by atoms with Crippen molar-refractivity contribution in [2.24, 2.45) is 0 Å². The summed E-state index contributed by atoms with van der Waals surface area (Å²) in [5.74, 6) is 0. The predicted octanol–water partition coefficient (Wildman–Crippen LogP) is -0.0674. The van der Waals surface area contributed by atoms with Crippen LogP contribution in [0.2, 0.25) is 0 Å². The highest BCUT2D eigenvalue weighted by molar-refractivity contribution is 5.15. The zero-order valence-corrected chi connectivity index (χ0v) is 5.73. The average Bonchev–Trinajstić information content (AvgIpc) is 2.53. The Hall–Kier alpha value is -1.31. The van der Waals surface area contributed by atoms with Crippen molar-refractivity contribution in [1.82, 2.24) is 4.98 Å². The second-order valence-electron chi connectivity index (χ2n) is 2.16. The van der Waals surface area contributed by atoms with Crippen LogP contribution in [0.4, 0.5) is 0 Å². The Morgan fingerprint density at radius 1 is 1.55 bits per heavy atom. The molecule has 0 amide bonds. The lowest BCUT2D eigenvalue weighted by Crippen LogP contribution is -2.14. The quantitative estimate of drug-likeness (QED) is 0.519. The monoisotopic (exact) mass is 152 g/mol. The molecule has 4 heteroatoms. The molecular formula is C7H8N2O2. The number of aliphatic hydroxyl groups excluding tert-OH is 2. The van der Waals surface area contributed by atoms with E-state index in [4.69, 9.17) is 10.4 Å². The summed E-state index contributed by atoms with van der Waals surface area (Å²) in [5, 5.41) is 26.3. The van der Waals surface area contributed by atoms with E-state index in [-0.39, 0.29) is 0 Å². The van der Waals surface area contributed by atoms with Crippen LogP contribution in [0.5, 0.6) is 0 Å². The molecule has 1 aromatic heterocycles. The molecule has 0 saturated heterocycles. The lowest BCUT2D eigenvalue weighted by molar-refractivity contribution is 0.0529. The Kier molecular flexibility index (Phi) is 2.26. The molecule has 0 aliphatic rings. The van der Waals surface area contributed by atoms with E-state index in [1.165, 1.54) is 6.20 Å². The Labute approximate surface area is 63.7 Å². The average molecular weight is 152 g/mol. The van der Waals surface area contributed by atoms with Gasteiger partial charge in [0.2, 0.25) is 0 Å². The molecular weight excluding hydrogens is 144 g/mol. The maximum atomic E-state index is 9.19. The molecule has 0 fully saturated rings. The molecule has 0 spiro atoms. The molecule has 1 aromatic rings. The minimum Gasteiger partial charge on any atom is -0.384 e. The maximum absolute atomic E-state index is 9.19. The van der Waals surface area contributed by atoms with Crippen molar-refractivity contribution in [3.63, 3.8) is 0 Å². The third-order valence-electron chi connectivity index (χ3n) is 1.39. The topological polar surface area (TPSA) is 80.0 Å². The molecule has 1 heterocycles. The molecule has 1 rings (SSSR count). The molecule has 0 bridgehead atoms. The van der Waals surface area contributed by atoms with Gasteiger partial charge in [-0.3, -0.25) is 0 Å². The van der Waals surface area contributed by atoms with Crippen molar-refractivity contribution in [3.8, 4) is 6.07 Å². The first kappa shape index (κ1) is 7.79. The number of H-pyrrole nitrogens is 1. The van der Waals surface area contributed by atoms with E-state index < -0.39 is 12.2 Å². The highest BCUT2D eigenvalue weighted by atomic mass is 16.3. The Bertz CT molecular complexity index is 250. The first-order valence-electron chi connectivity index (χ1n) is 3.14. The second-order valence-corrected chi connectivity index (χ2v) is 2.16. The molecule has 3 N–H and O–H groups in total. The number of nitrogens with one attached hydrogen (secondary N) is 1. The van der Waals surface area contributed by atoms with E-state index in [0.717, 1.165) is 0 Å². The molecule has 58 valence electrons. The van der Waals surface area contributed by atoms with Crippen LogP contribution in [0, 0.1) is 11.3 Å². The minimum atomic E-state index is -1.36. The number of nitriles is 1. The zero-order valence-electron chi connectivity index (χ0n) is 5.73. The van der Waals surface area contributed by atoms with E-state index in [0.29, 0.717) is 5.56 Å². The van der Waals surface area contributed by atoms with Crippen molar-refractivity contribution < 1.29 is 10.2 Å². The molecule has 0 saturated carbocycles. The highest BCUT2D eigenvalue weighted by Crippen LogP contribution is 2.14. The molecule has 2 atom stereocenters. The van der Waals surface area contributed by atoms with E-state index in [9.17, 15) is 5.11 Å². The third-order valence-corrected chi connectivity index (χ3v) is 1.39. The van der Waals surface area contributed by atoms with Gasteiger partial charge in [-0.15, -0.1) is 0 Å². The number of hydrogen-bond donors (Lipinski definition) is 3. The Morgan fingerprint density at radius 2 is 2.27 bits per heavy atom. The van der Waals surface area contributed by atoms with Crippen LogP contribution in [0.3, 0.4) is 0 Å². The van der Waals surface area contributed by atoms with E-state index in [1.807, 2.05) is 0 Å². The molecule has 0 radical (unpaired) electrons. The number of aliphatic hydroxyl groups is 2. The summed E-state index contributed by atoms with van der Waals surface area (Å²) in [6.45, 7) is 0. The van der Waals surface area contributed by atoms with Gasteiger partial charge in [-0.05, 0) is 6.07 Å². The Morgan fingerprint density at radius 3 is 2.73 bits per heavy atom. The summed E-state index contributed by atoms with van der Waals surface area (Å²) in [6, 6.07) is 3.15. The summed E-state index contributed by atoms with van der Waals surface area (Å²) < 4.78 is 0. The smallest absolute Gasteiger partial charge is 0.170 e. The Balaban J connectivity index is 2.71. The largest absolute Gasteiger partial charge is 0.384 e. The molecule has 2 unspecified atom stereocenters. The molecule has 0 aliphatic carbocycles. The van der Waals surface area contributed by atoms with Crippen LogP contribution in [-0.4, -0.2) is 21.3 Å². The van der Waals surface area contributed by atoms with Crippen LogP contribution in [-0.2, 0) is 0 Å². The van der Waals surface area contributed by atoms with E-state index in [1.54, 1.807) is 18.3 Å². The molecule has 0 aromatic carbocycles. The highest BCUT2D eigenvalue weighted by Gasteiger charge is 2.17. The van der Waals surface area contributed by atoms with Crippen LogP contribution >= 0.6 is 0 Å². The van der Waals surface area contributed by atoms with Crippen LogP contribution in [0.1, 0.15) is 11.7 Å². The molecule has 4 nitrogen and oxygen atoms in total. The number of aromatic nitrogens is 1. The van der Waals surface area contributed by atoms with Crippen LogP contribution < -0.4 is 0 Å². The lowest BCUT2D eigenvalue weighted by atomic mass is 10.1. The fraction of sp³-hybridized carbons (Fsp3) is 0.286. The third kappa shape index (κ3) is 1.58. The lowest BCUT2D eigenvalue weighted by Gasteiger charge is -2.08. The van der Waals surface area contributed by atoms with Gasteiger partial charge in [0.05, 0.1) is 6.07 Å². The first-order chi connectivity index (χ1) is 5.25.